The van der Waals surface area contributed by atoms with Crippen molar-refractivity contribution in [3.63, 3.8) is 0 Å². The van der Waals surface area contributed by atoms with Crippen LogP contribution in [0, 0.1) is 17.3 Å². The average Bonchev–Trinajstić information content (AvgIpc) is 3.00. The minimum absolute atomic E-state index is 0.0396. The van der Waals surface area contributed by atoms with Gasteiger partial charge in [-0.15, -0.1) is 0 Å². The number of hydrogen-bond donors (Lipinski definition) is 0. The van der Waals surface area contributed by atoms with Gasteiger partial charge in [-0.25, -0.2) is 0 Å². The molecule has 0 aromatic rings. The Balaban J connectivity index is 1.73. The van der Waals surface area contributed by atoms with Crippen molar-refractivity contribution in [1.29, 1.82) is 0 Å². The zero-order chi connectivity index (χ0) is 17.2. The third kappa shape index (κ3) is 4.33. The van der Waals surface area contributed by atoms with Crippen LogP contribution < -0.4 is 0 Å². The molecule has 2 rings (SSSR count). The van der Waals surface area contributed by atoms with Gasteiger partial charge in [0.25, 0.3) is 0 Å². The lowest BCUT2D eigenvalue weighted by Crippen LogP contribution is -2.35. The molecule has 0 saturated carbocycles. The van der Waals surface area contributed by atoms with Gasteiger partial charge in [0.05, 0.1) is 5.92 Å². The van der Waals surface area contributed by atoms with Gasteiger partial charge in [-0.2, -0.15) is 0 Å². The van der Waals surface area contributed by atoms with E-state index in [1.54, 1.807) is 0 Å². The van der Waals surface area contributed by atoms with E-state index in [-0.39, 0.29) is 29.1 Å². The normalized spacial score (nSPS) is 25.6. The summed E-state index contributed by atoms with van der Waals surface area (Å²) in [6.07, 6.45) is 3.39. The number of rotatable bonds is 5. The van der Waals surface area contributed by atoms with E-state index in [0.717, 1.165) is 25.9 Å². The van der Waals surface area contributed by atoms with Crippen molar-refractivity contribution in [2.45, 2.75) is 59.8 Å². The smallest absolute Gasteiger partial charge is 0.233 e. The van der Waals surface area contributed by atoms with Gasteiger partial charge in [-0.05, 0) is 30.6 Å². The Morgan fingerprint density at radius 2 is 1.91 bits per heavy atom. The minimum atomic E-state index is -0.206. The van der Waals surface area contributed by atoms with E-state index in [1.165, 1.54) is 4.90 Å². The molecule has 0 aliphatic carbocycles. The molecule has 23 heavy (non-hydrogen) atoms. The largest absolute Gasteiger partial charge is 0.342 e. The molecule has 2 saturated heterocycles. The van der Waals surface area contributed by atoms with Gasteiger partial charge < -0.3 is 4.90 Å². The van der Waals surface area contributed by atoms with E-state index in [2.05, 4.69) is 6.92 Å². The summed E-state index contributed by atoms with van der Waals surface area (Å²) in [7, 11) is 0. The summed E-state index contributed by atoms with van der Waals surface area (Å²) in [4.78, 5) is 39.8. The maximum Gasteiger partial charge on any atom is 0.233 e. The zero-order valence-corrected chi connectivity index (χ0v) is 14.9. The molecule has 2 atom stereocenters. The minimum Gasteiger partial charge on any atom is -0.342 e. The first kappa shape index (κ1) is 18.0. The van der Waals surface area contributed by atoms with Gasteiger partial charge in [0.2, 0.25) is 17.7 Å². The maximum atomic E-state index is 12.4. The maximum absolute atomic E-state index is 12.4. The monoisotopic (exact) mass is 322 g/mol. The van der Waals surface area contributed by atoms with Crippen LogP contribution in [-0.2, 0) is 14.4 Å². The van der Waals surface area contributed by atoms with Crippen LogP contribution in [0.1, 0.15) is 59.8 Å². The number of carbonyl (C=O) groups excluding carboxylic acids is 3. The van der Waals surface area contributed by atoms with Crippen LogP contribution in [0.25, 0.3) is 0 Å². The third-order valence-corrected chi connectivity index (χ3v) is 5.09. The highest BCUT2D eigenvalue weighted by Gasteiger charge is 2.44. The quantitative estimate of drug-likeness (QED) is 0.577. The Morgan fingerprint density at radius 3 is 2.43 bits per heavy atom. The van der Waals surface area contributed by atoms with E-state index in [4.69, 9.17) is 0 Å². The van der Waals surface area contributed by atoms with Gasteiger partial charge >= 0.3 is 0 Å². The lowest BCUT2D eigenvalue weighted by molar-refractivity contribution is -0.140. The Hall–Kier alpha value is -1.39. The van der Waals surface area contributed by atoms with E-state index < -0.39 is 0 Å². The summed E-state index contributed by atoms with van der Waals surface area (Å²) < 4.78 is 0. The van der Waals surface area contributed by atoms with Crippen molar-refractivity contribution < 1.29 is 14.4 Å². The Labute approximate surface area is 139 Å². The molecule has 1 unspecified atom stereocenters. The standard InChI is InChI=1S/C18H30N2O3/c1-13-8-10-19(12-13)15(21)7-5-6-9-20-16(22)11-14(17(20)23)18(2,3)4/h13-14H,5-12H2,1-4H3/t13-,14?/m1/s1. The van der Waals surface area contributed by atoms with Gasteiger partial charge in [-0.1, -0.05) is 27.7 Å². The molecule has 5 heteroatoms. The second kappa shape index (κ2) is 7.02. The van der Waals surface area contributed by atoms with Gasteiger partial charge in [0.1, 0.15) is 0 Å². The van der Waals surface area contributed by atoms with Crippen molar-refractivity contribution >= 4 is 17.7 Å². The lowest BCUT2D eigenvalue weighted by atomic mass is 9.80. The molecular formula is C18H30N2O3. The number of carbonyl (C=O) groups is 3. The highest BCUT2D eigenvalue weighted by Crippen LogP contribution is 2.35. The molecule has 2 aliphatic rings. The number of hydrogen-bond acceptors (Lipinski definition) is 3. The highest BCUT2D eigenvalue weighted by molar-refractivity contribution is 6.03. The zero-order valence-electron chi connectivity index (χ0n) is 14.9. The molecule has 0 aromatic heterocycles. The number of unbranched alkanes of at least 4 members (excludes halogenated alkanes) is 1. The Kier molecular flexibility index (Phi) is 5.48. The van der Waals surface area contributed by atoms with Crippen molar-refractivity contribution in [1.82, 2.24) is 9.80 Å². The predicted molar refractivity (Wildman–Crippen MR) is 88.5 cm³/mol. The van der Waals surface area contributed by atoms with Crippen molar-refractivity contribution in [3.8, 4) is 0 Å². The summed E-state index contributed by atoms with van der Waals surface area (Å²) in [5, 5.41) is 0. The van der Waals surface area contributed by atoms with Crippen molar-refractivity contribution in [2.24, 2.45) is 17.3 Å². The van der Waals surface area contributed by atoms with Crippen LogP contribution >= 0.6 is 0 Å². The first-order chi connectivity index (χ1) is 10.7. The molecule has 3 amide bonds. The fraction of sp³-hybridized carbons (Fsp3) is 0.833. The fourth-order valence-electron chi connectivity index (χ4n) is 3.46. The highest BCUT2D eigenvalue weighted by atomic mass is 16.2. The molecule has 0 aromatic carbocycles. The third-order valence-electron chi connectivity index (χ3n) is 5.09. The first-order valence-electron chi connectivity index (χ1n) is 8.82. The summed E-state index contributed by atoms with van der Waals surface area (Å²) in [5.41, 5.74) is -0.177. The Morgan fingerprint density at radius 1 is 1.22 bits per heavy atom. The van der Waals surface area contributed by atoms with E-state index >= 15 is 0 Å². The van der Waals surface area contributed by atoms with Crippen LogP contribution in [0.15, 0.2) is 0 Å². The molecule has 2 fully saturated rings. The summed E-state index contributed by atoms with van der Waals surface area (Å²) in [6, 6.07) is 0. The van der Waals surface area contributed by atoms with Crippen LogP contribution in [0.2, 0.25) is 0 Å². The van der Waals surface area contributed by atoms with Gasteiger partial charge in [0, 0.05) is 32.5 Å². The lowest BCUT2D eigenvalue weighted by Gasteiger charge is -2.24. The topological polar surface area (TPSA) is 57.7 Å². The summed E-state index contributed by atoms with van der Waals surface area (Å²) in [5.74, 6) is 0.508. The van der Waals surface area contributed by atoms with Gasteiger partial charge in [-0.3, -0.25) is 19.3 Å². The second-order valence-electron chi connectivity index (χ2n) is 8.20. The number of amides is 3. The van der Waals surface area contributed by atoms with Crippen LogP contribution in [0.3, 0.4) is 0 Å². The van der Waals surface area contributed by atoms with Crippen LogP contribution in [0.4, 0.5) is 0 Å². The van der Waals surface area contributed by atoms with Crippen LogP contribution in [0.5, 0.6) is 0 Å². The van der Waals surface area contributed by atoms with Crippen LogP contribution in [-0.4, -0.2) is 47.2 Å². The average molecular weight is 322 g/mol. The first-order valence-corrected chi connectivity index (χ1v) is 8.82. The number of nitrogens with zero attached hydrogens (tertiary/aromatic N) is 2. The molecular weight excluding hydrogens is 292 g/mol. The second-order valence-corrected chi connectivity index (χ2v) is 8.20. The van der Waals surface area contributed by atoms with E-state index in [9.17, 15) is 14.4 Å². The van der Waals surface area contributed by atoms with E-state index in [1.807, 2.05) is 25.7 Å². The van der Waals surface area contributed by atoms with Gasteiger partial charge in [0.15, 0.2) is 0 Å². The fourth-order valence-corrected chi connectivity index (χ4v) is 3.46. The van der Waals surface area contributed by atoms with Crippen molar-refractivity contribution in [3.05, 3.63) is 0 Å². The summed E-state index contributed by atoms with van der Waals surface area (Å²) >= 11 is 0. The molecule has 0 radical (unpaired) electrons. The molecule has 0 spiro atoms. The molecule has 130 valence electrons. The van der Waals surface area contributed by atoms with Crippen molar-refractivity contribution in [2.75, 3.05) is 19.6 Å². The molecule has 2 aliphatic heterocycles. The molecule has 0 bridgehead atoms. The molecule has 5 nitrogen and oxygen atoms in total. The van der Waals surface area contributed by atoms with E-state index in [0.29, 0.717) is 31.7 Å². The predicted octanol–water partition coefficient (Wildman–Crippen LogP) is 2.45. The number of likely N-dealkylation sites (tertiary alicyclic amines) is 2. The Bertz CT molecular complexity index is 481. The number of imide groups is 1. The summed E-state index contributed by atoms with van der Waals surface area (Å²) in [6.45, 7) is 10.4. The molecule has 0 N–H and O–H groups in total. The molecule has 2 heterocycles. The SMILES string of the molecule is C[C@@H]1CCN(C(=O)CCCCN2C(=O)CC(C(C)(C)C)C2=O)C1.